The monoisotopic (exact) mass is 332 g/mol. The van der Waals surface area contributed by atoms with Crippen LogP contribution >= 0.6 is 0 Å². The molecule has 0 radical (unpaired) electrons. The molecule has 0 aliphatic heterocycles. The minimum absolute atomic E-state index is 0.0607. The zero-order chi connectivity index (χ0) is 17.3. The van der Waals surface area contributed by atoms with E-state index in [0.717, 1.165) is 6.07 Å². The highest BCUT2D eigenvalue weighted by Gasteiger charge is 2.39. The lowest BCUT2D eigenvalue weighted by atomic mass is 10.1. The molecule has 0 spiro atoms. The van der Waals surface area contributed by atoms with Crippen molar-refractivity contribution in [2.45, 2.75) is 58.4 Å². The molecule has 2 nitrogen and oxygen atoms in total. The molecule has 0 saturated carbocycles. The number of rotatable bonds is 5. The molecule has 0 unspecified atom stereocenters. The van der Waals surface area contributed by atoms with E-state index in [4.69, 9.17) is 4.43 Å². The highest BCUT2D eigenvalue weighted by molar-refractivity contribution is 6.74. The molecule has 124 valence electrons. The molecule has 0 fully saturated rings. The molecular weight excluding hydrogens is 309 g/mol. The number of carbonyl (C=O) groups excluding carboxylic acids is 1. The second-order valence-electron chi connectivity index (χ2n) is 7.02. The first-order chi connectivity index (χ1) is 9.85. The molecular formula is C16H23F3O2Si. The number of carbonyl (C=O) groups is 1. The van der Waals surface area contributed by atoms with Crippen LogP contribution in [0.1, 0.15) is 33.3 Å². The van der Waals surface area contributed by atoms with Gasteiger partial charge in [-0.25, -0.2) is 13.2 Å². The molecule has 0 saturated heterocycles. The number of hydrogen-bond acceptors (Lipinski definition) is 2. The summed E-state index contributed by atoms with van der Waals surface area (Å²) in [6.07, 6.45) is -1.04. The smallest absolute Gasteiger partial charge is 0.193 e. The predicted octanol–water partition coefficient (Wildman–Crippen LogP) is 4.63. The van der Waals surface area contributed by atoms with Gasteiger partial charge in [-0.05, 0) is 36.7 Å². The summed E-state index contributed by atoms with van der Waals surface area (Å²) in [7, 11) is -2.13. The maximum Gasteiger partial charge on any atom is 0.193 e. The Morgan fingerprint density at radius 1 is 1.14 bits per heavy atom. The average molecular weight is 332 g/mol. The van der Waals surface area contributed by atoms with Crippen molar-refractivity contribution < 1.29 is 22.4 Å². The number of Topliss-reactive ketones (excluding diaryl/α,β-unsaturated/α-hetero) is 1. The molecule has 1 aromatic rings. The number of ketones is 1. The fourth-order valence-corrected chi connectivity index (χ4v) is 3.08. The summed E-state index contributed by atoms with van der Waals surface area (Å²) < 4.78 is 45.6. The number of hydrogen-bond donors (Lipinski definition) is 0. The lowest BCUT2D eigenvalue weighted by Crippen LogP contribution is -2.45. The van der Waals surface area contributed by atoms with E-state index < -0.39 is 31.9 Å². The molecule has 0 amide bonds. The van der Waals surface area contributed by atoms with Crippen molar-refractivity contribution in [2.75, 3.05) is 0 Å². The van der Waals surface area contributed by atoms with E-state index in [1.54, 1.807) is 6.92 Å². The van der Waals surface area contributed by atoms with Gasteiger partial charge in [-0.3, -0.25) is 4.79 Å². The van der Waals surface area contributed by atoms with Crippen molar-refractivity contribution in [3.05, 3.63) is 35.1 Å². The third-order valence-electron chi connectivity index (χ3n) is 4.19. The Kier molecular flexibility index (Phi) is 5.62. The third-order valence-corrected chi connectivity index (χ3v) is 8.74. The van der Waals surface area contributed by atoms with E-state index in [0.29, 0.717) is 6.07 Å². The van der Waals surface area contributed by atoms with Gasteiger partial charge in [-0.1, -0.05) is 20.8 Å². The first kappa shape index (κ1) is 18.9. The first-order valence-corrected chi connectivity index (χ1v) is 10.1. The maximum absolute atomic E-state index is 13.6. The van der Waals surface area contributed by atoms with Crippen LogP contribution in [0.4, 0.5) is 13.2 Å². The fraction of sp³-hybridized carbons (Fsp3) is 0.562. The van der Waals surface area contributed by atoms with Crippen molar-refractivity contribution in [1.29, 1.82) is 0 Å². The van der Waals surface area contributed by atoms with E-state index in [-0.39, 0.29) is 22.8 Å². The standard InChI is InChI=1S/C16H23F3O2Si/c1-10(21-22(5,6)16(2,3)4)15(20)8-11-7-13(18)14(19)9-12(11)17/h7,9-10H,8H2,1-6H3/t10-/m0/s1. The Hall–Kier alpha value is -1.14. The van der Waals surface area contributed by atoms with Gasteiger partial charge in [0, 0.05) is 12.5 Å². The van der Waals surface area contributed by atoms with Crippen LogP contribution in [0, 0.1) is 17.5 Å². The van der Waals surface area contributed by atoms with Crippen molar-refractivity contribution in [1.82, 2.24) is 0 Å². The van der Waals surface area contributed by atoms with E-state index in [1.165, 1.54) is 0 Å². The zero-order valence-electron chi connectivity index (χ0n) is 13.9. The van der Waals surface area contributed by atoms with Crippen LogP contribution in [-0.4, -0.2) is 20.2 Å². The van der Waals surface area contributed by atoms with E-state index in [2.05, 4.69) is 0 Å². The second-order valence-corrected chi connectivity index (χ2v) is 11.8. The quantitative estimate of drug-likeness (QED) is 0.581. The molecule has 1 atom stereocenters. The van der Waals surface area contributed by atoms with Gasteiger partial charge in [0.05, 0.1) is 0 Å². The van der Waals surface area contributed by atoms with Gasteiger partial charge in [0.1, 0.15) is 11.9 Å². The number of benzene rings is 1. The Morgan fingerprint density at radius 3 is 2.14 bits per heavy atom. The largest absolute Gasteiger partial charge is 0.407 e. The van der Waals surface area contributed by atoms with Gasteiger partial charge in [-0.15, -0.1) is 0 Å². The summed E-state index contributed by atoms with van der Waals surface area (Å²) in [5, 5.41) is -0.0607. The molecule has 0 aliphatic rings. The van der Waals surface area contributed by atoms with Gasteiger partial charge in [-0.2, -0.15) is 0 Å². The van der Waals surface area contributed by atoms with Crippen LogP contribution in [0.2, 0.25) is 18.1 Å². The molecule has 1 rings (SSSR count). The topological polar surface area (TPSA) is 26.3 Å². The zero-order valence-corrected chi connectivity index (χ0v) is 14.9. The van der Waals surface area contributed by atoms with Crippen molar-refractivity contribution in [3.8, 4) is 0 Å². The van der Waals surface area contributed by atoms with E-state index in [1.807, 2.05) is 33.9 Å². The predicted molar refractivity (Wildman–Crippen MR) is 82.8 cm³/mol. The minimum Gasteiger partial charge on any atom is -0.407 e. The summed E-state index contributed by atoms with van der Waals surface area (Å²) in [4.78, 5) is 12.2. The number of halogens is 3. The van der Waals surface area contributed by atoms with Crippen LogP contribution < -0.4 is 0 Å². The second kappa shape index (κ2) is 6.54. The Morgan fingerprint density at radius 2 is 1.64 bits per heavy atom. The summed E-state index contributed by atoms with van der Waals surface area (Å²) >= 11 is 0. The van der Waals surface area contributed by atoms with Crippen LogP contribution in [-0.2, 0) is 15.6 Å². The highest BCUT2D eigenvalue weighted by atomic mass is 28.4. The molecule has 6 heteroatoms. The summed E-state index contributed by atoms with van der Waals surface area (Å²) in [5.41, 5.74) is -0.158. The summed E-state index contributed by atoms with van der Waals surface area (Å²) in [5.74, 6) is -3.71. The van der Waals surface area contributed by atoms with Crippen molar-refractivity contribution in [3.63, 3.8) is 0 Å². The van der Waals surface area contributed by atoms with Crippen molar-refractivity contribution in [2.24, 2.45) is 0 Å². The van der Waals surface area contributed by atoms with Crippen molar-refractivity contribution >= 4 is 14.1 Å². The Bertz CT molecular complexity index is 565. The van der Waals surface area contributed by atoms with Crippen LogP contribution in [0.5, 0.6) is 0 Å². The molecule has 22 heavy (non-hydrogen) atoms. The lowest BCUT2D eigenvalue weighted by Gasteiger charge is -2.38. The van der Waals surface area contributed by atoms with E-state index in [9.17, 15) is 18.0 Å². The normalized spacial score (nSPS) is 14.0. The van der Waals surface area contributed by atoms with Crippen LogP contribution in [0.25, 0.3) is 0 Å². The van der Waals surface area contributed by atoms with Gasteiger partial charge in [0.25, 0.3) is 0 Å². The SMILES string of the molecule is C[C@H](O[Si](C)(C)C(C)(C)C)C(=O)Cc1cc(F)c(F)cc1F. The van der Waals surface area contributed by atoms with Gasteiger partial charge >= 0.3 is 0 Å². The molecule has 0 N–H and O–H groups in total. The summed E-state index contributed by atoms with van der Waals surface area (Å²) in [6, 6.07) is 1.18. The van der Waals surface area contributed by atoms with Crippen LogP contribution in [0.3, 0.4) is 0 Å². The highest BCUT2D eigenvalue weighted by Crippen LogP contribution is 2.37. The van der Waals surface area contributed by atoms with Gasteiger partial charge < -0.3 is 4.43 Å². The van der Waals surface area contributed by atoms with Gasteiger partial charge in [0.2, 0.25) is 0 Å². The lowest BCUT2D eigenvalue weighted by molar-refractivity contribution is -0.124. The first-order valence-electron chi connectivity index (χ1n) is 7.19. The maximum atomic E-state index is 13.6. The summed E-state index contributed by atoms with van der Waals surface area (Å²) in [6.45, 7) is 11.8. The molecule has 0 aromatic heterocycles. The molecule has 0 bridgehead atoms. The van der Waals surface area contributed by atoms with Gasteiger partial charge in [0.15, 0.2) is 25.7 Å². The molecule has 0 aliphatic carbocycles. The minimum atomic E-state index is -2.13. The molecule has 1 aromatic carbocycles. The van der Waals surface area contributed by atoms with E-state index >= 15 is 0 Å². The Balaban J connectivity index is 2.84. The Labute approximate surface area is 130 Å². The average Bonchev–Trinajstić information content (AvgIpc) is 2.33. The third kappa shape index (κ3) is 4.43. The van der Waals surface area contributed by atoms with Crippen LogP contribution in [0.15, 0.2) is 12.1 Å². The fourth-order valence-electron chi connectivity index (χ4n) is 1.72. The molecule has 0 heterocycles.